The molecule has 2 amide bonds. The zero-order valence-electron chi connectivity index (χ0n) is 13.2. The van der Waals surface area contributed by atoms with E-state index in [0.717, 1.165) is 22.6 Å². The van der Waals surface area contributed by atoms with Crippen molar-refractivity contribution in [1.82, 2.24) is 5.32 Å². The molecule has 22 heavy (non-hydrogen) atoms. The Labute approximate surface area is 131 Å². The minimum Gasteiger partial charge on any atom is -0.473 e. The number of hydrogen-bond acceptors (Lipinski definition) is 2. The summed E-state index contributed by atoms with van der Waals surface area (Å²) in [6.07, 6.45) is 0. The molecule has 0 unspecified atom stereocenters. The van der Waals surface area contributed by atoms with E-state index in [1.807, 2.05) is 55.5 Å². The Hall–Kier alpha value is -2.49. The highest BCUT2D eigenvalue weighted by Gasteiger charge is 2.11. The Balaban J connectivity index is 1.92. The number of anilines is 1. The van der Waals surface area contributed by atoms with Crippen LogP contribution in [0.2, 0.25) is 0 Å². The molecule has 2 aromatic carbocycles. The highest BCUT2D eigenvalue weighted by atomic mass is 16.5. The summed E-state index contributed by atoms with van der Waals surface area (Å²) in [6, 6.07) is 15.1. The third kappa shape index (κ3) is 4.25. The first kappa shape index (κ1) is 15.9. The van der Waals surface area contributed by atoms with Gasteiger partial charge in [0, 0.05) is 5.69 Å². The lowest BCUT2D eigenvalue weighted by molar-refractivity contribution is 0.234. The van der Waals surface area contributed by atoms with Crippen LogP contribution in [0.3, 0.4) is 0 Å². The van der Waals surface area contributed by atoms with E-state index >= 15 is 0 Å². The highest BCUT2D eigenvalue weighted by molar-refractivity contribution is 5.91. The fraction of sp³-hybridized carbons (Fsp3) is 0.278. The van der Waals surface area contributed by atoms with Gasteiger partial charge in [-0.3, -0.25) is 0 Å². The van der Waals surface area contributed by atoms with Gasteiger partial charge in [-0.25, -0.2) is 4.79 Å². The zero-order chi connectivity index (χ0) is 15.9. The second-order valence-corrected chi connectivity index (χ2v) is 5.43. The van der Waals surface area contributed by atoms with Crippen molar-refractivity contribution >= 4 is 11.7 Å². The summed E-state index contributed by atoms with van der Waals surface area (Å²) in [5.41, 5.74) is 3.04. The van der Waals surface area contributed by atoms with E-state index in [1.165, 1.54) is 0 Å². The lowest BCUT2D eigenvalue weighted by Crippen LogP contribution is -2.32. The van der Waals surface area contributed by atoms with Crippen molar-refractivity contribution in [3.63, 3.8) is 0 Å². The Kier molecular flexibility index (Phi) is 5.42. The fourth-order valence-corrected chi connectivity index (χ4v) is 2.20. The zero-order valence-corrected chi connectivity index (χ0v) is 13.2. The molecule has 2 rings (SSSR count). The Bertz CT molecular complexity index is 624. The van der Waals surface area contributed by atoms with Crippen LogP contribution >= 0.6 is 0 Å². The molecule has 4 nitrogen and oxygen atoms in total. The van der Waals surface area contributed by atoms with Gasteiger partial charge in [0.05, 0.1) is 0 Å². The molecule has 0 aliphatic heterocycles. The number of carbonyl (C=O) groups is 1. The first-order valence-electron chi connectivity index (χ1n) is 7.40. The molecule has 0 saturated heterocycles. The molecule has 0 heterocycles. The van der Waals surface area contributed by atoms with E-state index in [9.17, 15) is 4.79 Å². The summed E-state index contributed by atoms with van der Waals surface area (Å²) in [4.78, 5) is 12.0. The second-order valence-electron chi connectivity index (χ2n) is 5.43. The molecule has 0 aliphatic carbocycles. The normalized spacial score (nSPS) is 10.4. The van der Waals surface area contributed by atoms with E-state index in [2.05, 4.69) is 24.5 Å². The van der Waals surface area contributed by atoms with Gasteiger partial charge in [-0.1, -0.05) is 50.2 Å². The third-order valence-corrected chi connectivity index (χ3v) is 3.38. The van der Waals surface area contributed by atoms with Gasteiger partial charge in [-0.15, -0.1) is 0 Å². The topological polar surface area (TPSA) is 50.4 Å². The standard InChI is InChI=1S/C18H22N2O2/c1-13(2)16-11-7-8-14(3)17(16)20-18(21)19-12-22-15-9-5-4-6-10-15/h4-11,13H,12H2,1-3H3,(H2,19,20,21). The molecule has 0 aromatic heterocycles. The van der Waals surface area contributed by atoms with Crippen molar-refractivity contribution < 1.29 is 9.53 Å². The van der Waals surface area contributed by atoms with Crippen LogP contribution in [0, 0.1) is 6.92 Å². The van der Waals surface area contributed by atoms with Crippen molar-refractivity contribution in [3.8, 4) is 5.75 Å². The van der Waals surface area contributed by atoms with Gasteiger partial charge in [0.25, 0.3) is 0 Å². The lowest BCUT2D eigenvalue weighted by atomic mass is 9.98. The van der Waals surface area contributed by atoms with Crippen molar-refractivity contribution in [1.29, 1.82) is 0 Å². The van der Waals surface area contributed by atoms with Crippen LogP contribution in [0.5, 0.6) is 5.75 Å². The van der Waals surface area contributed by atoms with Crippen LogP contribution in [-0.2, 0) is 0 Å². The summed E-state index contributed by atoms with van der Waals surface area (Å²) >= 11 is 0. The van der Waals surface area contributed by atoms with Crippen molar-refractivity contribution in [2.75, 3.05) is 12.0 Å². The molecule has 0 atom stereocenters. The van der Waals surface area contributed by atoms with Crippen LogP contribution in [0.1, 0.15) is 30.9 Å². The largest absolute Gasteiger partial charge is 0.473 e. The highest BCUT2D eigenvalue weighted by Crippen LogP contribution is 2.27. The average molecular weight is 298 g/mol. The number of para-hydroxylation sites is 2. The number of rotatable bonds is 5. The van der Waals surface area contributed by atoms with Crippen LogP contribution < -0.4 is 15.4 Å². The summed E-state index contributed by atoms with van der Waals surface area (Å²) in [6.45, 7) is 6.33. The number of hydrogen-bond donors (Lipinski definition) is 2. The first-order chi connectivity index (χ1) is 10.6. The molecule has 0 bridgehead atoms. The molecule has 2 N–H and O–H groups in total. The maximum atomic E-state index is 12.0. The average Bonchev–Trinajstić information content (AvgIpc) is 2.50. The van der Waals surface area contributed by atoms with Crippen LogP contribution in [0.25, 0.3) is 0 Å². The Morgan fingerprint density at radius 2 is 1.82 bits per heavy atom. The SMILES string of the molecule is Cc1cccc(C(C)C)c1NC(=O)NCOc1ccccc1. The van der Waals surface area contributed by atoms with Gasteiger partial charge in [0.2, 0.25) is 0 Å². The number of nitrogens with one attached hydrogen (secondary N) is 2. The van der Waals surface area contributed by atoms with Gasteiger partial charge in [0.15, 0.2) is 6.73 Å². The van der Waals surface area contributed by atoms with E-state index in [1.54, 1.807) is 0 Å². The molecule has 0 aliphatic rings. The summed E-state index contributed by atoms with van der Waals surface area (Å²) in [5, 5.41) is 5.62. The van der Waals surface area contributed by atoms with E-state index in [-0.39, 0.29) is 12.8 Å². The number of carbonyl (C=O) groups excluding carboxylic acids is 1. The quantitative estimate of drug-likeness (QED) is 0.810. The molecule has 0 spiro atoms. The van der Waals surface area contributed by atoms with Gasteiger partial charge >= 0.3 is 6.03 Å². The molecule has 0 fully saturated rings. The van der Waals surface area contributed by atoms with Crippen LogP contribution in [0.4, 0.5) is 10.5 Å². The number of urea groups is 1. The van der Waals surface area contributed by atoms with Crippen LogP contribution in [-0.4, -0.2) is 12.8 Å². The van der Waals surface area contributed by atoms with Crippen molar-refractivity contribution in [2.24, 2.45) is 0 Å². The number of aryl methyl sites for hydroxylation is 1. The number of ether oxygens (including phenoxy) is 1. The van der Waals surface area contributed by atoms with Crippen molar-refractivity contribution in [3.05, 3.63) is 59.7 Å². The van der Waals surface area contributed by atoms with Gasteiger partial charge in [-0.05, 0) is 36.1 Å². The molecule has 116 valence electrons. The van der Waals surface area contributed by atoms with E-state index < -0.39 is 0 Å². The maximum Gasteiger partial charge on any atom is 0.321 e. The number of amides is 2. The predicted molar refractivity (Wildman–Crippen MR) is 89.4 cm³/mol. The Morgan fingerprint density at radius 1 is 1.09 bits per heavy atom. The predicted octanol–water partition coefficient (Wildman–Crippen LogP) is 4.28. The fourth-order valence-electron chi connectivity index (χ4n) is 2.20. The van der Waals surface area contributed by atoms with Crippen LogP contribution in [0.15, 0.2) is 48.5 Å². The van der Waals surface area contributed by atoms with Gasteiger partial charge < -0.3 is 15.4 Å². The smallest absolute Gasteiger partial charge is 0.321 e. The molecule has 4 heteroatoms. The minimum atomic E-state index is -0.271. The van der Waals surface area contributed by atoms with Gasteiger partial charge in [0.1, 0.15) is 5.75 Å². The summed E-state index contributed by atoms with van der Waals surface area (Å²) in [7, 11) is 0. The first-order valence-corrected chi connectivity index (χ1v) is 7.40. The monoisotopic (exact) mass is 298 g/mol. The number of benzene rings is 2. The minimum absolute atomic E-state index is 0.124. The summed E-state index contributed by atoms with van der Waals surface area (Å²) < 4.78 is 5.45. The molecular formula is C18H22N2O2. The lowest BCUT2D eigenvalue weighted by Gasteiger charge is -2.17. The summed E-state index contributed by atoms with van der Waals surface area (Å²) in [5.74, 6) is 1.07. The Morgan fingerprint density at radius 3 is 2.50 bits per heavy atom. The van der Waals surface area contributed by atoms with E-state index in [0.29, 0.717) is 5.92 Å². The van der Waals surface area contributed by atoms with Gasteiger partial charge in [-0.2, -0.15) is 0 Å². The van der Waals surface area contributed by atoms with Crippen molar-refractivity contribution in [2.45, 2.75) is 26.7 Å². The maximum absolute atomic E-state index is 12.0. The molecule has 0 saturated carbocycles. The molecular weight excluding hydrogens is 276 g/mol. The third-order valence-electron chi connectivity index (χ3n) is 3.38. The second kappa shape index (κ2) is 7.50. The van der Waals surface area contributed by atoms with E-state index in [4.69, 9.17) is 4.74 Å². The molecule has 2 aromatic rings. The molecule has 0 radical (unpaired) electrons.